The van der Waals surface area contributed by atoms with E-state index in [1.165, 1.54) is 0 Å². The van der Waals surface area contributed by atoms with Crippen LogP contribution in [0.25, 0.3) is 11.3 Å². The molecule has 2 aromatic rings. The Hall–Kier alpha value is -2.14. The van der Waals surface area contributed by atoms with Gasteiger partial charge in [-0.05, 0) is 23.8 Å². The number of nitrogens with two attached hydrogens (primary N) is 1. The fraction of sp³-hybridized carbons (Fsp3) is 0.231. The first-order valence-corrected chi connectivity index (χ1v) is 5.84. The molecule has 92 valence electrons. The topological polar surface area (TPSA) is 81.1 Å². The number of nitrogens with one attached hydrogen (secondary N) is 1. The van der Waals surface area contributed by atoms with E-state index in [0.29, 0.717) is 31.0 Å². The van der Waals surface area contributed by atoms with Crippen LogP contribution in [0.15, 0.2) is 28.8 Å². The summed E-state index contributed by atoms with van der Waals surface area (Å²) in [7, 11) is 0. The number of carbonyl (C=O) groups is 1. The van der Waals surface area contributed by atoms with Crippen molar-refractivity contribution in [3.8, 4) is 11.3 Å². The molecule has 0 saturated carbocycles. The quantitative estimate of drug-likeness (QED) is 0.852. The number of rotatable bonds is 3. The van der Waals surface area contributed by atoms with Crippen LogP contribution in [0.4, 0.5) is 5.69 Å². The Morgan fingerprint density at radius 3 is 3.17 bits per heavy atom. The number of hydrogen-bond donors (Lipinski definition) is 2. The van der Waals surface area contributed by atoms with Gasteiger partial charge in [0, 0.05) is 24.2 Å². The lowest BCUT2D eigenvalue weighted by molar-refractivity contribution is -0.115. The van der Waals surface area contributed by atoms with Crippen molar-refractivity contribution < 1.29 is 9.21 Å². The lowest BCUT2D eigenvalue weighted by Gasteiger charge is -2.00. The van der Waals surface area contributed by atoms with Crippen molar-refractivity contribution in [3.05, 3.63) is 35.9 Å². The summed E-state index contributed by atoms with van der Waals surface area (Å²) in [6, 6.07) is 5.76. The smallest absolute Gasteiger partial charge is 0.228 e. The second kappa shape index (κ2) is 4.27. The Morgan fingerprint density at radius 1 is 1.44 bits per heavy atom. The first-order chi connectivity index (χ1) is 8.76. The molecule has 5 heteroatoms. The van der Waals surface area contributed by atoms with E-state index < -0.39 is 0 Å². The molecule has 1 amide bonds. The van der Waals surface area contributed by atoms with Gasteiger partial charge in [0.25, 0.3) is 0 Å². The maximum absolute atomic E-state index is 11.3. The van der Waals surface area contributed by atoms with E-state index >= 15 is 0 Å². The van der Waals surface area contributed by atoms with Crippen LogP contribution in [0.3, 0.4) is 0 Å². The molecule has 0 unspecified atom stereocenters. The van der Waals surface area contributed by atoms with Gasteiger partial charge in [-0.15, -0.1) is 0 Å². The minimum atomic E-state index is 0.0311. The highest BCUT2D eigenvalue weighted by molar-refractivity contribution is 5.99. The number of amides is 1. The van der Waals surface area contributed by atoms with Crippen molar-refractivity contribution in [2.24, 2.45) is 5.73 Å². The third kappa shape index (κ3) is 1.89. The van der Waals surface area contributed by atoms with Crippen LogP contribution in [0.1, 0.15) is 11.5 Å². The Bertz CT molecular complexity index is 604. The molecule has 18 heavy (non-hydrogen) atoms. The van der Waals surface area contributed by atoms with Crippen molar-refractivity contribution in [2.75, 3.05) is 11.9 Å². The van der Waals surface area contributed by atoms with Crippen molar-refractivity contribution in [3.63, 3.8) is 0 Å². The van der Waals surface area contributed by atoms with Crippen molar-refractivity contribution in [1.82, 2.24) is 4.98 Å². The van der Waals surface area contributed by atoms with Gasteiger partial charge in [-0.3, -0.25) is 4.79 Å². The normalized spacial score (nSPS) is 13.5. The van der Waals surface area contributed by atoms with Gasteiger partial charge < -0.3 is 15.5 Å². The fourth-order valence-corrected chi connectivity index (χ4v) is 2.07. The standard InChI is InChI=1S/C13H13N3O2/c14-4-3-13-15-7-11(18-13)8-1-2-10-9(5-8)6-12(17)16-10/h1-2,5,7H,3-4,6,14H2,(H,16,17). The molecule has 1 aliphatic rings. The number of hydrogen-bond acceptors (Lipinski definition) is 4. The minimum absolute atomic E-state index is 0.0311. The van der Waals surface area contributed by atoms with E-state index in [0.717, 1.165) is 16.8 Å². The maximum atomic E-state index is 11.3. The number of carbonyl (C=O) groups excluding carboxylic acids is 1. The fourth-order valence-electron chi connectivity index (χ4n) is 2.07. The Labute approximate surface area is 104 Å². The van der Waals surface area contributed by atoms with Gasteiger partial charge in [-0.25, -0.2) is 4.98 Å². The number of benzene rings is 1. The zero-order valence-corrected chi connectivity index (χ0v) is 9.77. The average molecular weight is 243 g/mol. The van der Waals surface area contributed by atoms with E-state index in [2.05, 4.69) is 10.3 Å². The molecule has 3 rings (SSSR count). The highest BCUT2D eigenvalue weighted by Crippen LogP contribution is 2.29. The Morgan fingerprint density at radius 2 is 2.33 bits per heavy atom. The van der Waals surface area contributed by atoms with Crippen LogP contribution < -0.4 is 11.1 Å². The summed E-state index contributed by atoms with van der Waals surface area (Å²) in [6.45, 7) is 0.516. The predicted octanol–water partition coefficient (Wildman–Crippen LogP) is 1.34. The average Bonchev–Trinajstić information content (AvgIpc) is 2.93. The summed E-state index contributed by atoms with van der Waals surface area (Å²) < 4.78 is 5.60. The number of aromatic nitrogens is 1. The van der Waals surface area contributed by atoms with Gasteiger partial charge in [-0.2, -0.15) is 0 Å². The number of oxazole rings is 1. The molecule has 0 bridgehead atoms. The number of nitrogens with zero attached hydrogens (tertiary/aromatic N) is 1. The van der Waals surface area contributed by atoms with E-state index in [9.17, 15) is 4.79 Å². The lowest BCUT2D eigenvalue weighted by Crippen LogP contribution is -2.03. The summed E-state index contributed by atoms with van der Waals surface area (Å²) in [5.74, 6) is 1.38. The van der Waals surface area contributed by atoms with Gasteiger partial charge in [0.15, 0.2) is 11.7 Å². The SMILES string of the molecule is NCCc1ncc(-c2ccc3c(c2)CC(=O)N3)o1. The minimum Gasteiger partial charge on any atom is -0.441 e. The van der Waals surface area contributed by atoms with Gasteiger partial charge in [0.1, 0.15) is 0 Å². The summed E-state index contributed by atoms with van der Waals surface area (Å²) in [4.78, 5) is 15.4. The lowest BCUT2D eigenvalue weighted by atomic mass is 10.1. The second-order valence-electron chi connectivity index (χ2n) is 4.25. The Balaban J connectivity index is 1.92. The summed E-state index contributed by atoms with van der Waals surface area (Å²) >= 11 is 0. The number of fused-ring (bicyclic) bond motifs is 1. The van der Waals surface area contributed by atoms with Gasteiger partial charge >= 0.3 is 0 Å². The zero-order valence-electron chi connectivity index (χ0n) is 9.77. The molecule has 1 aromatic heterocycles. The van der Waals surface area contributed by atoms with Gasteiger partial charge in [-0.1, -0.05) is 0 Å². The van der Waals surface area contributed by atoms with Crippen LogP contribution in [0.5, 0.6) is 0 Å². The molecule has 1 aliphatic heterocycles. The first kappa shape index (κ1) is 11.0. The maximum Gasteiger partial charge on any atom is 0.228 e. The van der Waals surface area contributed by atoms with Crippen LogP contribution in [0.2, 0.25) is 0 Å². The predicted molar refractivity (Wildman–Crippen MR) is 67.0 cm³/mol. The second-order valence-corrected chi connectivity index (χ2v) is 4.25. The van der Waals surface area contributed by atoms with E-state index in [-0.39, 0.29) is 5.91 Å². The Kier molecular flexibility index (Phi) is 2.60. The summed E-state index contributed by atoms with van der Waals surface area (Å²) in [6.07, 6.45) is 2.74. The molecule has 0 atom stereocenters. The van der Waals surface area contributed by atoms with E-state index in [4.69, 9.17) is 10.2 Å². The van der Waals surface area contributed by atoms with Crippen LogP contribution >= 0.6 is 0 Å². The molecule has 2 heterocycles. The van der Waals surface area contributed by atoms with Gasteiger partial charge in [0.05, 0.1) is 12.6 Å². The molecule has 0 aliphatic carbocycles. The number of anilines is 1. The monoisotopic (exact) mass is 243 g/mol. The highest BCUT2D eigenvalue weighted by Gasteiger charge is 2.18. The zero-order chi connectivity index (χ0) is 12.5. The van der Waals surface area contributed by atoms with Gasteiger partial charge in [0.2, 0.25) is 5.91 Å². The molecule has 3 N–H and O–H groups in total. The summed E-state index contributed by atoms with van der Waals surface area (Å²) in [5, 5.41) is 2.80. The summed E-state index contributed by atoms with van der Waals surface area (Å²) in [5.41, 5.74) is 8.26. The molecule has 0 radical (unpaired) electrons. The van der Waals surface area contributed by atoms with Crippen LogP contribution in [-0.4, -0.2) is 17.4 Å². The van der Waals surface area contributed by atoms with Crippen molar-refractivity contribution in [1.29, 1.82) is 0 Å². The van der Waals surface area contributed by atoms with E-state index in [1.54, 1.807) is 6.20 Å². The molecule has 0 spiro atoms. The van der Waals surface area contributed by atoms with Crippen molar-refractivity contribution in [2.45, 2.75) is 12.8 Å². The molecule has 0 saturated heterocycles. The molecule has 5 nitrogen and oxygen atoms in total. The molecular formula is C13H13N3O2. The van der Waals surface area contributed by atoms with Crippen LogP contribution in [-0.2, 0) is 17.6 Å². The van der Waals surface area contributed by atoms with Crippen LogP contribution in [0, 0.1) is 0 Å². The highest BCUT2D eigenvalue weighted by atomic mass is 16.4. The molecule has 0 fully saturated rings. The third-order valence-electron chi connectivity index (χ3n) is 2.93. The van der Waals surface area contributed by atoms with E-state index in [1.807, 2.05) is 18.2 Å². The largest absolute Gasteiger partial charge is 0.441 e. The van der Waals surface area contributed by atoms with Crippen molar-refractivity contribution >= 4 is 11.6 Å². The first-order valence-electron chi connectivity index (χ1n) is 5.84. The third-order valence-corrected chi connectivity index (χ3v) is 2.93. The molecular weight excluding hydrogens is 230 g/mol. The molecule has 1 aromatic carbocycles.